The molecule has 8 heteroatoms. The minimum absolute atomic E-state index is 0.00944. The number of nitrogens with one attached hydrogen (secondary N) is 1. The third kappa shape index (κ3) is 7.54. The number of rotatable bonds is 13. The Balaban J connectivity index is 2.42. The van der Waals surface area contributed by atoms with Crippen molar-refractivity contribution in [3.05, 3.63) is 0 Å². The molecule has 0 bridgehead atoms. The summed E-state index contributed by atoms with van der Waals surface area (Å²) >= 11 is 0. The molecular formula is C22H37N3O5. The minimum atomic E-state index is -0.631. The van der Waals surface area contributed by atoms with Crippen molar-refractivity contribution in [2.24, 2.45) is 11.8 Å². The van der Waals surface area contributed by atoms with E-state index in [1.165, 1.54) is 9.80 Å². The van der Waals surface area contributed by atoms with Gasteiger partial charge in [-0.3, -0.25) is 28.9 Å². The van der Waals surface area contributed by atoms with Crippen molar-refractivity contribution >= 4 is 29.4 Å². The van der Waals surface area contributed by atoms with Crippen molar-refractivity contribution in [2.45, 2.75) is 78.7 Å². The van der Waals surface area contributed by atoms with Crippen molar-refractivity contribution in [2.75, 3.05) is 20.1 Å². The van der Waals surface area contributed by atoms with Crippen LogP contribution in [0.2, 0.25) is 0 Å². The first-order valence-corrected chi connectivity index (χ1v) is 11.0. The van der Waals surface area contributed by atoms with Gasteiger partial charge >= 0.3 is 0 Å². The SMILES string of the molecule is CCCC(=O)CNC(=O)C(C(C)C)N(C)C(=O)CCCCCN1C(=O)CC(C)C1=O. The van der Waals surface area contributed by atoms with E-state index in [0.29, 0.717) is 32.2 Å². The van der Waals surface area contributed by atoms with Gasteiger partial charge in [0.2, 0.25) is 23.6 Å². The first-order chi connectivity index (χ1) is 14.1. The maximum absolute atomic E-state index is 12.6. The van der Waals surface area contributed by atoms with E-state index < -0.39 is 6.04 Å². The van der Waals surface area contributed by atoms with E-state index in [1.54, 1.807) is 14.0 Å². The number of carbonyl (C=O) groups excluding carboxylic acids is 5. The Bertz CT molecular complexity index is 647. The number of amides is 4. The second kappa shape index (κ2) is 12.4. The highest BCUT2D eigenvalue weighted by Crippen LogP contribution is 2.19. The highest BCUT2D eigenvalue weighted by atomic mass is 16.2. The van der Waals surface area contributed by atoms with Gasteiger partial charge in [-0.15, -0.1) is 0 Å². The molecule has 8 nitrogen and oxygen atoms in total. The van der Waals surface area contributed by atoms with E-state index in [-0.39, 0.29) is 54.2 Å². The zero-order valence-electron chi connectivity index (χ0n) is 19.0. The lowest BCUT2D eigenvalue weighted by atomic mass is 10.0. The summed E-state index contributed by atoms with van der Waals surface area (Å²) in [5.74, 6) is -1.02. The molecule has 1 heterocycles. The smallest absolute Gasteiger partial charge is 0.243 e. The van der Waals surface area contributed by atoms with Crippen LogP contribution in [0.4, 0.5) is 0 Å². The molecule has 0 radical (unpaired) electrons. The van der Waals surface area contributed by atoms with E-state index in [0.717, 1.165) is 12.8 Å². The van der Waals surface area contributed by atoms with E-state index >= 15 is 0 Å². The fraction of sp³-hybridized carbons (Fsp3) is 0.773. The average molecular weight is 424 g/mol. The Morgan fingerprint density at radius 3 is 2.33 bits per heavy atom. The van der Waals surface area contributed by atoms with Crippen molar-refractivity contribution in [1.29, 1.82) is 0 Å². The maximum Gasteiger partial charge on any atom is 0.243 e. The molecule has 1 N–H and O–H groups in total. The summed E-state index contributed by atoms with van der Waals surface area (Å²) in [6.07, 6.45) is 3.74. The minimum Gasteiger partial charge on any atom is -0.347 e. The Morgan fingerprint density at radius 1 is 1.13 bits per heavy atom. The van der Waals surface area contributed by atoms with Crippen LogP contribution in [0.1, 0.15) is 72.6 Å². The third-order valence-corrected chi connectivity index (χ3v) is 5.44. The first kappa shape index (κ1) is 25.8. The van der Waals surface area contributed by atoms with Crippen molar-refractivity contribution in [1.82, 2.24) is 15.1 Å². The predicted octanol–water partition coefficient (Wildman–Crippen LogP) is 1.91. The average Bonchev–Trinajstić information content (AvgIpc) is 2.91. The van der Waals surface area contributed by atoms with Gasteiger partial charge in [-0.05, 0) is 25.2 Å². The molecule has 0 aromatic rings. The zero-order chi connectivity index (χ0) is 22.8. The summed E-state index contributed by atoms with van der Waals surface area (Å²) in [6, 6.07) is -0.631. The molecule has 1 aliphatic heterocycles. The van der Waals surface area contributed by atoms with E-state index in [1.807, 2.05) is 20.8 Å². The Hall–Kier alpha value is -2.25. The summed E-state index contributed by atoms with van der Waals surface area (Å²) < 4.78 is 0. The molecule has 1 saturated heterocycles. The summed E-state index contributed by atoms with van der Waals surface area (Å²) in [5.41, 5.74) is 0. The number of unbranched alkanes of at least 4 members (excludes halogenated alkanes) is 2. The number of imide groups is 1. The van der Waals surface area contributed by atoms with Crippen LogP contribution in [-0.4, -0.2) is 65.4 Å². The van der Waals surface area contributed by atoms with Crippen molar-refractivity contribution in [3.8, 4) is 0 Å². The van der Waals surface area contributed by atoms with E-state index in [9.17, 15) is 24.0 Å². The normalized spacial score (nSPS) is 17.4. The van der Waals surface area contributed by atoms with Gasteiger partial charge in [0, 0.05) is 38.8 Å². The number of likely N-dealkylation sites (N-methyl/N-ethyl adjacent to an activating group) is 1. The first-order valence-electron chi connectivity index (χ1n) is 11.0. The molecule has 0 aromatic heterocycles. The molecule has 30 heavy (non-hydrogen) atoms. The van der Waals surface area contributed by atoms with E-state index in [4.69, 9.17) is 0 Å². The van der Waals surface area contributed by atoms with Crippen LogP contribution in [0.15, 0.2) is 0 Å². The molecular weight excluding hydrogens is 386 g/mol. The maximum atomic E-state index is 12.6. The van der Waals surface area contributed by atoms with E-state index in [2.05, 4.69) is 5.32 Å². The number of ketones is 1. The van der Waals surface area contributed by atoms with Crippen LogP contribution in [0.5, 0.6) is 0 Å². The number of hydrogen-bond acceptors (Lipinski definition) is 5. The molecule has 0 spiro atoms. The number of hydrogen-bond donors (Lipinski definition) is 1. The monoisotopic (exact) mass is 423 g/mol. The highest BCUT2D eigenvalue weighted by molar-refractivity contribution is 6.03. The van der Waals surface area contributed by atoms with Gasteiger partial charge < -0.3 is 10.2 Å². The fourth-order valence-corrected chi connectivity index (χ4v) is 3.72. The van der Waals surface area contributed by atoms with Gasteiger partial charge in [0.15, 0.2) is 5.78 Å². The Labute approximate surface area is 179 Å². The van der Waals surface area contributed by atoms with Crippen molar-refractivity contribution < 1.29 is 24.0 Å². The molecule has 2 atom stereocenters. The number of Topliss-reactive ketones (excluding diaryl/α,β-unsaturated/α-hetero) is 1. The van der Waals surface area contributed by atoms with Crippen LogP contribution in [0.25, 0.3) is 0 Å². The van der Waals surface area contributed by atoms with Gasteiger partial charge in [0.25, 0.3) is 0 Å². The van der Waals surface area contributed by atoms with Crippen molar-refractivity contribution in [3.63, 3.8) is 0 Å². The number of nitrogens with zero attached hydrogens (tertiary/aromatic N) is 2. The van der Waals surface area contributed by atoms with Crippen LogP contribution < -0.4 is 5.32 Å². The molecule has 0 aliphatic carbocycles. The lowest BCUT2D eigenvalue weighted by molar-refractivity contribution is -0.141. The summed E-state index contributed by atoms with van der Waals surface area (Å²) in [4.78, 5) is 63.2. The van der Waals surface area contributed by atoms with Crippen LogP contribution in [-0.2, 0) is 24.0 Å². The third-order valence-electron chi connectivity index (χ3n) is 5.44. The predicted molar refractivity (Wildman–Crippen MR) is 113 cm³/mol. The second-order valence-corrected chi connectivity index (χ2v) is 8.50. The van der Waals surface area contributed by atoms with Gasteiger partial charge in [-0.25, -0.2) is 0 Å². The summed E-state index contributed by atoms with van der Waals surface area (Å²) in [6.45, 7) is 7.79. The largest absolute Gasteiger partial charge is 0.347 e. The molecule has 2 unspecified atom stereocenters. The lowest BCUT2D eigenvalue weighted by Gasteiger charge is -2.30. The fourth-order valence-electron chi connectivity index (χ4n) is 3.72. The molecule has 1 fully saturated rings. The zero-order valence-corrected chi connectivity index (χ0v) is 19.0. The van der Waals surface area contributed by atoms with Gasteiger partial charge in [0.05, 0.1) is 6.54 Å². The highest BCUT2D eigenvalue weighted by Gasteiger charge is 2.35. The van der Waals surface area contributed by atoms with Gasteiger partial charge in [0.1, 0.15) is 6.04 Å². The Morgan fingerprint density at radius 2 is 1.80 bits per heavy atom. The van der Waals surface area contributed by atoms with Gasteiger partial charge in [-0.1, -0.05) is 34.1 Å². The molecule has 1 rings (SSSR count). The summed E-state index contributed by atoms with van der Waals surface area (Å²) in [7, 11) is 1.61. The standard InChI is InChI=1S/C22H37N3O5/c1-6-10-17(26)14-23-21(29)20(15(2)3)24(5)18(27)11-8-7-9-12-25-19(28)13-16(4)22(25)30/h15-16,20H,6-14H2,1-5H3,(H,23,29). The lowest BCUT2D eigenvalue weighted by Crippen LogP contribution is -2.51. The van der Waals surface area contributed by atoms with Gasteiger partial charge in [-0.2, -0.15) is 0 Å². The van der Waals surface area contributed by atoms with Crippen LogP contribution in [0.3, 0.4) is 0 Å². The molecule has 4 amide bonds. The van der Waals surface area contributed by atoms with Crippen LogP contribution >= 0.6 is 0 Å². The number of likely N-dealkylation sites (tertiary alicyclic amines) is 1. The number of carbonyl (C=O) groups is 5. The summed E-state index contributed by atoms with van der Waals surface area (Å²) in [5, 5.41) is 2.65. The topological polar surface area (TPSA) is 104 Å². The Kier molecular flexibility index (Phi) is 10.7. The molecule has 0 aromatic carbocycles. The van der Waals surface area contributed by atoms with Crippen LogP contribution in [0, 0.1) is 11.8 Å². The molecule has 1 aliphatic rings. The quantitative estimate of drug-likeness (QED) is 0.360. The second-order valence-electron chi connectivity index (χ2n) is 8.50. The molecule has 0 saturated carbocycles. The molecule has 170 valence electrons.